The summed E-state index contributed by atoms with van der Waals surface area (Å²) in [5.74, 6) is 1.45. The van der Waals surface area contributed by atoms with Gasteiger partial charge in [0, 0.05) is 12.5 Å². The summed E-state index contributed by atoms with van der Waals surface area (Å²) in [6.07, 6.45) is 0.608. The van der Waals surface area contributed by atoms with E-state index in [9.17, 15) is 14.9 Å². The third-order valence-electron chi connectivity index (χ3n) is 4.04. The summed E-state index contributed by atoms with van der Waals surface area (Å²) < 4.78 is 21.0. The molecule has 0 heterocycles. The average molecular weight is 390 g/mol. The van der Waals surface area contributed by atoms with Gasteiger partial charge in [0.2, 0.25) is 11.7 Å². The van der Waals surface area contributed by atoms with Crippen LogP contribution in [0.1, 0.15) is 12.0 Å². The lowest BCUT2D eigenvalue weighted by Gasteiger charge is -2.14. The van der Waals surface area contributed by atoms with Crippen LogP contribution in [0.2, 0.25) is 0 Å². The third-order valence-corrected chi connectivity index (χ3v) is 4.04. The van der Waals surface area contributed by atoms with Crippen LogP contribution in [0.3, 0.4) is 0 Å². The highest BCUT2D eigenvalue weighted by Gasteiger charge is 2.16. The van der Waals surface area contributed by atoms with Crippen molar-refractivity contribution >= 4 is 17.3 Å². The monoisotopic (exact) mass is 390 g/mol. The lowest BCUT2D eigenvalue weighted by molar-refractivity contribution is -0.384. The maximum atomic E-state index is 12.3. The van der Waals surface area contributed by atoms with E-state index in [1.54, 1.807) is 12.1 Å². The van der Waals surface area contributed by atoms with E-state index in [-0.39, 0.29) is 23.8 Å². The van der Waals surface area contributed by atoms with Crippen LogP contribution >= 0.6 is 0 Å². The summed E-state index contributed by atoms with van der Waals surface area (Å²) >= 11 is 0. The minimum atomic E-state index is -0.529. The molecule has 9 heteroatoms. The Bertz CT molecular complexity index is 842. The van der Waals surface area contributed by atoms with E-state index in [0.717, 1.165) is 5.56 Å². The molecule has 2 aromatic carbocycles. The average Bonchev–Trinajstić information content (AvgIpc) is 2.71. The second kappa shape index (κ2) is 9.45. The van der Waals surface area contributed by atoms with Crippen molar-refractivity contribution in [3.63, 3.8) is 0 Å². The molecule has 0 bridgehead atoms. The Hall–Kier alpha value is -3.49. The van der Waals surface area contributed by atoms with Crippen LogP contribution in [0.15, 0.2) is 30.3 Å². The van der Waals surface area contributed by atoms with E-state index >= 15 is 0 Å². The van der Waals surface area contributed by atoms with Crippen LogP contribution in [0, 0.1) is 10.1 Å². The number of benzene rings is 2. The highest BCUT2D eigenvalue weighted by Crippen LogP contribution is 2.38. The second-order valence-electron chi connectivity index (χ2n) is 5.72. The van der Waals surface area contributed by atoms with Crippen molar-refractivity contribution in [2.45, 2.75) is 12.8 Å². The molecule has 9 nitrogen and oxygen atoms in total. The van der Waals surface area contributed by atoms with Crippen LogP contribution < -0.4 is 24.3 Å². The Kier molecular flexibility index (Phi) is 7.02. The van der Waals surface area contributed by atoms with E-state index in [1.165, 1.54) is 46.6 Å². The topological polar surface area (TPSA) is 109 Å². The Balaban J connectivity index is 2.10. The van der Waals surface area contributed by atoms with Gasteiger partial charge in [0.1, 0.15) is 5.75 Å². The molecule has 1 amide bonds. The number of nitro groups is 1. The summed E-state index contributed by atoms with van der Waals surface area (Å²) in [6.45, 7) is 0. The Morgan fingerprint density at radius 3 is 2.07 bits per heavy atom. The first-order chi connectivity index (χ1) is 13.4. The number of non-ortho nitro benzene ring substituents is 1. The highest BCUT2D eigenvalue weighted by atomic mass is 16.6. The smallest absolute Gasteiger partial charge is 0.273 e. The molecule has 0 aliphatic heterocycles. The first kappa shape index (κ1) is 20.8. The van der Waals surface area contributed by atoms with Gasteiger partial charge in [0.05, 0.1) is 45.1 Å². The summed E-state index contributed by atoms with van der Waals surface area (Å²) in [5, 5.41) is 13.5. The van der Waals surface area contributed by atoms with Gasteiger partial charge < -0.3 is 24.3 Å². The molecule has 0 atom stereocenters. The Labute approximate surface area is 162 Å². The molecule has 0 aromatic heterocycles. The molecule has 0 saturated carbocycles. The minimum absolute atomic E-state index is 0.118. The zero-order chi connectivity index (χ0) is 20.7. The largest absolute Gasteiger partial charge is 0.494 e. The molecule has 0 aliphatic carbocycles. The molecule has 150 valence electrons. The first-order valence-corrected chi connectivity index (χ1v) is 8.34. The number of methoxy groups -OCH3 is 4. The van der Waals surface area contributed by atoms with Gasteiger partial charge >= 0.3 is 0 Å². The normalized spacial score (nSPS) is 10.1. The molecule has 0 fully saturated rings. The number of rotatable bonds is 9. The standard InChI is InChI=1S/C19H22N2O7/c1-25-15-11-13(21(23)24)6-7-14(15)20-18(22)8-5-12-9-16(26-2)19(28-4)17(10-12)27-3/h6-7,9-11H,5,8H2,1-4H3,(H,20,22). The second-order valence-corrected chi connectivity index (χ2v) is 5.72. The fraction of sp³-hybridized carbons (Fsp3) is 0.316. The van der Waals surface area contributed by atoms with E-state index in [2.05, 4.69) is 5.32 Å². The van der Waals surface area contributed by atoms with Crippen molar-refractivity contribution in [3.8, 4) is 23.0 Å². The SMILES string of the molecule is COc1cc([N+](=O)[O-])ccc1NC(=O)CCc1cc(OC)c(OC)c(OC)c1. The summed E-state index contributed by atoms with van der Waals surface area (Å²) in [7, 11) is 5.94. The van der Waals surface area contributed by atoms with Crippen LogP contribution in [-0.4, -0.2) is 39.3 Å². The molecule has 0 unspecified atom stereocenters. The zero-order valence-corrected chi connectivity index (χ0v) is 16.1. The number of nitro benzene ring substituents is 1. The number of carbonyl (C=O) groups excluding carboxylic acids is 1. The predicted octanol–water partition coefficient (Wildman–Crippen LogP) is 3.20. The Morgan fingerprint density at radius 1 is 0.964 bits per heavy atom. The summed E-state index contributed by atoms with van der Waals surface area (Å²) in [6, 6.07) is 7.56. The van der Waals surface area contributed by atoms with Crippen molar-refractivity contribution in [2.24, 2.45) is 0 Å². The van der Waals surface area contributed by atoms with Crippen molar-refractivity contribution in [3.05, 3.63) is 46.0 Å². The lowest BCUT2D eigenvalue weighted by atomic mass is 10.1. The number of carbonyl (C=O) groups is 1. The van der Waals surface area contributed by atoms with Gasteiger partial charge in [-0.2, -0.15) is 0 Å². The van der Waals surface area contributed by atoms with Gasteiger partial charge in [-0.3, -0.25) is 14.9 Å². The highest BCUT2D eigenvalue weighted by molar-refractivity contribution is 5.92. The Morgan fingerprint density at radius 2 is 1.57 bits per heavy atom. The van der Waals surface area contributed by atoms with Crippen molar-refractivity contribution in [1.82, 2.24) is 0 Å². The number of nitrogens with zero attached hydrogens (tertiary/aromatic N) is 1. The van der Waals surface area contributed by atoms with Crippen LogP contribution in [0.5, 0.6) is 23.0 Å². The number of anilines is 1. The summed E-state index contributed by atoms with van der Waals surface area (Å²) in [5.41, 5.74) is 1.08. The van der Waals surface area contributed by atoms with Gasteiger partial charge in [-0.1, -0.05) is 0 Å². The first-order valence-electron chi connectivity index (χ1n) is 8.34. The number of aryl methyl sites for hydroxylation is 1. The van der Waals surface area contributed by atoms with Crippen molar-refractivity contribution < 1.29 is 28.7 Å². The number of hydrogen-bond donors (Lipinski definition) is 1. The van der Waals surface area contributed by atoms with Crippen molar-refractivity contribution in [1.29, 1.82) is 0 Å². The zero-order valence-electron chi connectivity index (χ0n) is 16.1. The molecule has 0 saturated heterocycles. The molecule has 28 heavy (non-hydrogen) atoms. The van der Waals surface area contributed by atoms with Gasteiger partial charge in [-0.25, -0.2) is 0 Å². The van der Waals surface area contributed by atoms with Crippen molar-refractivity contribution in [2.75, 3.05) is 33.8 Å². The fourth-order valence-corrected chi connectivity index (χ4v) is 2.65. The van der Waals surface area contributed by atoms with E-state index in [0.29, 0.717) is 29.4 Å². The van der Waals surface area contributed by atoms with Crippen LogP contribution in [0.4, 0.5) is 11.4 Å². The van der Waals surface area contributed by atoms with Crippen LogP contribution in [0.25, 0.3) is 0 Å². The van der Waals surface area contributed by atoms with Crippen LogP contribution in [-0.2, 0) is 11.2 Å². The lowest BCUT2D eigenvalue weighted by Crippen LogP contribution is -2.13. The number of ether oxygens (including phenoxy) is 4. The molecule has 0 radical (unpaired) electrons. The van der Waals surface area contributed by atoms with Gasteiger partial charge in [0.25, 0.3) is 5.69 Å². The van der Waals surface area contributed by atoms with Gasteiger partial charge in [0.15, 0.2) is 11.5 Å². The number of amides is 1. The molecular formula is C19H22N2O7. The minimum Gasteiger partial charge on any atom is -0.494 e. The van der Waals surface area contributed by atoms with E-state index in [1.807, 2.05) is 0 Å². The molecule has 2 aromatic rings. The van der Waals surface area contributed by atoms with E-state index in [4.69, 9.17) is 18.9 Å². The maximum absolute atomic E-state index is 12.3. The molecule has 2 rings (SSSR count). The third kappa shape index (κ3) is 4.81. The number of hydrogen-bond acceptors (Lipinski definition) is 7. The molecule has 0 aliphatic rings. The molecule has 0 spiro atoms. The van der Waals surface area contributed by atoms with E-state index < -0.39 is 4.92 Å². The van der Waals surface area contributed by atoms with Gasteiger partial charge in [-0.05, 0) is 30.2 Å². The molecular weight excluding hydrogens is 368 g/mol. The molecule has 1 N–H and O–H groups in total. The van der Waals surface area contributed by atoms with Gasteiger partial charge in [-0.15, -0.1) is 0 Å². The number of nitrogens with one attached hydrogen (secondary N) is 1. The fourth-order valence-electron chi connectivity index (χ4n) is 2.65. The summed E-state index contributed by atoms with van der Waals surface area (Å²) in [4.78, 5) is 22.6. The predicted molar refractivity (Wildman–Crippen MR) is 103 cm³/mol. The quantitative estimate of drug-likeness (QED) is 0.517. The maximum Gasteiger partial charge on any atom is 0.273 e.